The minimum absolute atomic E-state index is 0.153. The molecule has 3 N–H and O–H groups in total. The lowest BCUT2D eigenvalue weighted by Crippen LogP contribution is -2.43. The van der Waals surface area contributed by atoms with Crippen LogP contribution in [0.3, 0.4) is 0 Å². The Hall–Kier alpha value is -1.69. The van der Waals surface area contributed by atoms with Gasteiger partial charge < -0.3 is 15.8 Å². The van der Waals surface area contributed by atoms with Crippen LogP contribution in [-0.4, -0.2) is 34.6 Å². The molecule has 1 aromatic heterocycles. The first-order valence-corrected chi connectivity index (χ1v) is 8.07. The molecule has 1 unspecified atom stereocenters. The average Bonchev–Trinajstić information content (AvgIpc) is 2.43. The molecule has 0 aromatic carbocycles. The molecule has 2 aliphatic rings. The van der Waals surface area contributed by atoms with E-state index in [2.05, 4.69) is 22.2 Å². The van der Waals surface area contributed by atoms with Crippen molar-refractivity contribution in [2.45, 2.75) is 51.0 Å². The van der Waals surface area contributed by atoms with Crippen molar-refractivity contribution in [3.63, 3.8) is 0 Å². The number of rotatable bonds is 5. The van der Waals surface area contributed by atoms with E-state index in [4.69, 9.17) is 10.5 Å². The maximum Gasteiger partial charge on any atom is 0.252 e. The van der Waals surface area contributed by atoms with Gasteiger partial charge in [-0.05, 0) is 32.1 Å². The smallest absolute Gasteiger partial charge is 0.252 e. The van der Waals surface area contributed by atoms with Crippen molar-refractivity contribution in [2.75, 3.05) is 18.5 Å². The van der Waals surface area contributed by atoms with Gasteiger partial charge in [0.25, 0.3) is 5.91 Å². The van der Waals surface area contributed by atoms with Crippen LogP contribution in [0.5, 0.6) is 0 Å². The van der Waals surface area contributed by atoms with Crippen molar-refractivity contribution in [2.24, 2.45) is 11.7 Å². The van der Waals surface area contributed by atoms with E-state index in [1.807, 2.05) is 0 Å². The molecule has 0 bridgehead atoms. The van der Waals surface area contributed by atoms with Gasteiger partial charge in [-0.2, -0.15) is 0 Å². The van der Waals surface area contributed by atoms with Gasteiger partial charge in [-0.3, -0.25) is 4.79 Å². The quantitative estimate of drug-likeness (QED) is 0.867. The van der Waals surface area contributed by atoms with Gasteiger partial charge in [-0.15, -0.1) is 0 Å². The number of carbonyl (C=O) groups is 1. The average molecular weight is 304 g/mol. The molecule has 1 saturated heterocycles. The van der Waals surface area contributed by atoms with Gasteiger partial charge in [0, 0.05) is 12.8 Å². The van der Waals surface area contributed by atoms with Crippen LogP contribution in [0.25, 0.3) is 0 Å². The summed E-state index contributed by atoms with van der Waals surface area (Å²) in [6.07, 6.45) is 8.08. The molecule has 6 heteroatoms. The fourth-order valence-corrected chi connectivity index (χ4v) is 3.11. The van der Waals surface area contributed by atoms with Crippen LogP contribution in [0.4, 0.5) is 5.95 Å². The third-order valence-electron chi connectivity index (χ3n) is 4.69. The van der Waals surface area contributed by atoms with E-state index in [-0.39, 0.29) is 5.54 Å². The summed E-state index contributed by atoms with van der Waals surface area (Å²) >= 11 is 0. The first-order chi connectivity index (χ1) is 10.6. The Morgan fingerprint density at radius 3 is 2.91 bits per heavy atom. The highest BCUT2D eigenvalue weighted by Crippen LogP contribution is 2.30. The number of nitrogens with one attached hydrogen (secondary N) is 1. The maximum atomic E-state index is 11.6. The third-order valence-corrected chi connectivity index (χ3v) is 4.69. The van der Waals surface area contributed by atoms with E-state index in [0.29, 0.717) is 24.0 Å². The Bertz CT molecular complexity index is 551. The van der Waals surface area contributed by atoms with E-state index >= 15 is 0 Å². The molecule has 120 valence electrons. The number of nitrogens with two attached hydrogens (primary N) is 1. The van der Waals surface area contributed by atoms with Gasteiger partial charge in [0.2, 0.25) is 5.95 Å². The lowest BCUT2D eigenvalue weighted by molar-refractivity contribution is 0.0537. The fraction of sp³-hybridized carbons (Fsp3) is 0.688. The fourth-order valence-electron chi connectivity index (χ4n) is 3.11. The molecule has 0 spiro atoms. The first kappa shape index (κ1) is 15.2. The van der Waals surface area contributed by atoms with Crippen LogP contribution in [0.2, 0.25) is 0 Å². The van der Waals surface area contributed by atoms with Gasteiger partial charge in [0.05, 0.1) is 23.4 Å². The molecule has 1 aliphatic heterocycles. The van der Waals surface area contributed by atoms with Gasteiger partial charge in [0.15, 0.2) is 0 Å². The summed E-state index contributed by atoms with van der Waals surface area (Å²) in [5, 5.41) is 3.37. The van der Waals surface area contributed by atoms with Crippen LogP contribution in [-0.2, 0) is 11.2 Å². The van der Waals surface area contributed by atoms with Crippen molar-refractivity contribution in [1.82, 2.24) is 9.97 Å². The van der Waals surface area contributed by atoms with Crippen LogP contribution in [0.1, 0.15) is 55.1 Å². The zero-order valence-corrected chi connectivity index (χ0v) is 13.1. The normalized spacial score (nSPS) is 25.5. The van der Waals surface area contributed by atoms with Gasteiger partial charge in [-0.1, -0.05) is 19.3 Å². The molecule has 1 amide bonds. The second-order valence-electron chi connectivity index (χ2n) is 6.76. The van der Waals surface area contributed by atoms with E-state index < -0.39 is 5.91 Å². The molecule has 0 radical (unpaired) electrons. The second kappa shape index (κ2) is 6.20. The van der Waals surface area contributed by atoms with Crippen LogP contribution < -0.4 is 11.1 Å². The van der Waals surface area contributed by atoms with Crippen molar-refractivity contribution in [1.29, 1.82) is 0 Å². The Kier molecular flexibility index (Phi) is 4.29. The Balaban J connectivity index is 1.79. The number of hydrogen-bond donors (Lipinski definition) is 2. The van der Waals surface area contributed by atoms with Crippen LogP contribution in [0, 0.1) is 5.92 Å². The van der Waals surface area contributed by atoms with E-state index in [0.717, 1.165) is 31.6 Å². The Morgan fingerprint density at radius 2 is 2.32 bits per heavy atom. The molecule has 6 nitrogen and oxygen atoms in total. The number of aromatic nitrogens is 2. The summed E-state index contributed by atoms with van der Waals surface area (Å²) in [5.74, 6) is 0.731. The first-order valence-electron chi connectivity index (χ1n) is 8.07. The van der Waals surface area contributed by atoms with Gasteiger partial charge >= 0.3 is 0 Å². The predicted octanol–water partition coefficient (Wildman–Crippen LogP) is 1.90. The molecule has 1 atom stereocenters. The highest BCUT2D eigenvalue weighted by atomic mass is 16.5. The molecule has 1 saturated carbocycles. The molecule has 2 fully saturated rings. The predicted molar refractivity (Wildman–Crippen MR) is 83.7 cm³/mol. The lowest BCUT2D eigenvalue weighted by Gasteiger charge is -2.34. The van der Waals surface area contributed by atoms with Crippen molar-refractivity contribution in [3.8, 4) is 0 Å². The standard InChI is InChI=1S/C16H24N4O2/c1-16(6-3-7-22-10-16)20-15-18-9-12(14(17)21)13(19-15)8-11-4-2-5-11/h9,11H,2-8,10H2,1H3,(H2,17,21)(H,18,19,20). The number of anilines is 1. The molecule has 2 heterocycles. The number of carbonyl (C=O) groups excluding carboxylic acids is 1. The molecule has 1 aliphatic carbocycles. The topological polar surface area (TPSA) is 90.1 Å². The number of nitrogens with zero attached hydrogens (tertiary/aromatic N) is 2. The summed E-state index contributed by atoms with van der Waals surface area (Å²) in [4.78, 5) is 20.4. The van der Waals surface area contributed by atoms with Gasteiger partial charge in [-0.25, -0.2) is 9.97 Å². The third kappa shape index (κ3) is 3.38. The highest BCUT2D eigenvalue weighted by Gasteiger charge is 2.29. The summed E-state index contributed by atoms with van der Waals surface area (Å²) in [6.45, 7) is 3.57. The van der Waals surface area contributed by atoms with Crippen LogP contribution in [0.15, 0.2) is 6.20 Å². The monoisotopic (exact) mass is 304 g/mol. The number of ether oxygens (including phenoxy) is 1. The minimum atomic E-state index is -0.451. The lowest BCUT2D eigenvalue weighted by atomic mass is 9.81. The van der Waals surface area contributed by atoms with E-state index in [1.165, 1.54) is 19.3 Å². The van der Waals surface area contributed by atoms with E-state index in [9.17, 15) is 4.79 Å². The highest BCUT2D eigenvalue weighted by molar-refractivity contribution is 5.93. The second-order valence-corrected chi connectivity index (χ2v) is 6.76. The molecule has 3 rings (SSSR count). The molecule has 22 heavy (non-hydrogen) atoms. The molecule has 1 aromatic rings. The number of hydrogen-bond acceptors (Lipinski definition) is 5. The summed E-state index contributed by atoms with van der Waals surface area (Å²) in [7, 11) is 0. The summed E-state index contributed by atoms with van der Waals surface area (Å²) in [6, 6.07) is 0. The zero-order valence-electron chi connectivity index (χ0n) is 13.1. The number of primary amides is 1. The maximum absolute atomic E-state index is 11.6. The minimum Gasteiger partial charge on any atom is -0.379 e. The van der Waals surface area contributed by atoms with Crippen LogP contribution >= 0.6 is 0 Å². The van der Waals surface area contributed by atoms with Crippen molar-refractivity contribution < 1.29 is 9.53 Å². The molecular formula is C16H24N4O2. The van der Waals surface area contributed by atoms with Crippen molar-refractivity contribution in [3.05, 3.63) is 17.5 Å². The van der Waals surface area contributed by atoms with E-state index in [1.54, 1.807) is 6.20 Å². The van der Waals surface area contributed by atoms with Gasteiger partial charge in [0.1, 0.15) is 0 Å². The Morgan fingerprint density at radius 1 is 1.50 bits per heavy atom. The zero-order chi connectivity index (χ0) is 15.6. The summed E-state index contributed by atoms with van der Waals surface area (Å²) < 4.78 is 5.55. The number of amides is 1. The largest absolute Gasteiger partial charge is 0.379 e. The Labute approximate surface area is 130 Å². The summed E-state index contributed by atoms with van der Waals surface area (Å²) in [5.41, 5.74) is 6.52. The molecular weight excluding hydrogens is 280 g/mol. The SMILES string of the molecule is CC1(Nc2ncc(C(N)=O)c(CC3CCC3)n2)CCCOC1. The van der Waals surface area contributed by atoms with Crippen molar-refractivity contribution >= 4 is 11.9 Å².